The third kappa shape index (κ3) is 4.09. The van der Waals surface area contributed by atoms with Crippen LogP contribution in [-0.4, -0.2) is 6.04 Å². The summed E-state index contributed by atoms with van der Waals surface area (Å²) in [6, 6.07) is 9.18. The molecular weight excluding hydrogens is 277 g/mol. The molecule has 0 radical (unpaired) electrons. The van der Waals surface area contributed by atoms with Gasteiger partial charge in [0.2, 0.25) is 0 Å². The lowest BCUT2D eigenvalue weighted by atomic mass is 10.1. The Kier molecular flexibility index (Phi) is 5.21. The molecule has 2 aromatic rings. The van der Waals surface area contributed by atoms with Crippen LogP contribution in [0.4, 0.5) is 4.39 Å². The van der Waals surface area contributed by atoms with Gasteiger partial charge in [-0.05, 0) is 50.1 Å². The van der Waals surface area contributed by atoms with Gasteiger partial charge < -0.3 is 9.73 Å². The van der Waals surface area contributed by atoms with Gasteiger partial charge in [-0.3, -0.25) is 0 Å². The van der Waals surface area contributed by atoms with Crippen LogP contribution in [-0.2, 0) is 6.42 Å². The number of halogens is 2. The third-order valence-electron chi connectivity index (χ3n) is 3.38. The van der Waals surface area contributed by atoms with Crippen molar-refractivity contribution >= 4 is 11.6 Å². The summed E-state index contributed by atoms with van der Waals surface area (Å²) in [7, 11) is 0. The van der Waals surface area contributed by atoms with Crippen LogP contribution >= 0.6 is 11.6 Å². The fourth-order valence-corrected chi connectivity index (χ4v) is 2.39. The van der Waals surface area contributed by atoms with Crippen LogP contribution < -0.4 is 5.32 Å². The molecule has 2 atom stereocenters. The largest absolute Gasteiger partial charge is 0.469 e. The predicted octanol–water partition coefficient (Wildman–Crippen LogP) is 4.74. The molecule has 1 aromatic heterocycles. The Hall–Kier alpha value is -1.32. The van der Waals surface area contributed by atoms with E-state index in [9.17, 15) is 4.39 Å². The van der Waals surface area contributed by atoms with Crippen LogP contribution in [0.15, 0.2) is 41.0 Å². The van der Waals surface area contributed by atoms with E-state index in [0.29, 0.717) is 6.04 Å². The number of hydrogen-bond donors (Lipinski definition) is 1. The first-order valence-electron chi connectivity index (χ1n) is 6.79. The highest BCUT2D eigenvalue weighted by molar-refractivity contribution is 6.30. The minimum absolute atomic E-state index is 0.125. The van der Waals surface area contributed by atoms with E-state index in [-0.39, 0.29) is 16.9 Å². The molecule has 0 aliphatic rings. The minimum atomic E-state index is -0.381. The maximum atomic E-state index is 13.1. The molecule has 0 fully saturated rings. The second kappa shape index (κ2) is 6.91. The van der Waals surface area contributed by atoms with Crippen molar-refractivity contribution in [2.45, 2.75) is 38.8 Å². The first-order chi connectivity index (χ1) is 9.56. The molecule has 0 bridgehead atoms. The van der Waals surface area contributed by atoms with E-state index >= 15 is 0 Å². The summed E-state index contributed by atoms with van der Waals surface area (Å²) in [5, 5.41) is 3.65. The quantitative estimate of drug-likeness (QED) is 0.832. The highest BCUT2D eigenvalue weighted by Gasteiger charge is 2.11. The summed E-state index contributed by atoms with van der Waals surface area (Å²) < 4.78 is 18.5. The van der Waals surface area contributed by atoms with E-state index < -0.39 is 0 Å². The topological polar surface area (TPSA) is 25.2 Å². The summed E-state index contributed by atoms with van der Waals surface area (Å²) in [6.07, 6.45) is 3.57. The summed E-state index contributed by atoms with van der Waals surface area (Å²) >= 11 is 5.81. The molecule has 1 heterocycles. The molecule has 2 rings (SSSR count). The highest BCUT2D eigenvalue weighted by Crippen LogP contribution is 2.21. The molecular formula is C16H19ClFNO. The fourth-order valence-electron chi connectivity index (χ4n) is 2.20. The lowest BCUT2D eigenvalue weighted by molar-refractivity contribution is 0.430. The van der Waals surface area contributed by atoms with Gasteiger partial charge in [0.05, 0.1) is 11.3 Å². The van der Waals surface area contributed by atoms with Crippen molar-refractivity contribution in [1.29, 1.82) is 0 Å². The zero-order valence-corrected chi connectivity index (χ0v) is 12.5. The van der Waals surface area contributed by atoms with Gasteiger partial charge in [0, 0.05) is 18.5 Å². The number of furan rings is 1. The third-order valence-corrected chi connectivity index (χ3v) is 3.67. The zero-order chi connectivity index (χ0) is 14.5. The van der Waals surface area contributed by atoms with Crippen LogP contribution in [0.1, 0.15) is 37.6 Å². The second-order valence-corrected chi connectivity index (χ2v) is 5.49. The van der Waals surface area contributed by atoms with Crippen molar-refractivity contribution in [1.82, 2.24) is 5.32 Å². The Balaban J connectivity index is 1.86. The molecule has 2 unspecified atom stereocenters. The SMILES string of the molecule is CC(CCc1ccco1)NC(C)c1ccc(F)c(Cl)c1. The summed E-state index contributed by atoms with van der Waals surface area (Å²) in [5.41, 5.74) is 0.987. The van der Waals surface area contributed by atoms with Crippen LogP contribution in [0.2, 0.25) is 5.02 Å². The molecule has 1 aromatic carbocycles. The molecule has 0 saturated carbocycles. The van der Waals surface area contributed by atoms with E-state index in [0.717, 1.165) is 24.2 Å². The van der Waals surface area contributed by atoms with Gasteiger partial charge in [-0.2, -0.15) is 0 Å². The van der Waals surface area contributed by atoms with Crippen molar-refractivity contribution in [2.24, 2.45) is 0 Å². The number of nitrogens with one attached hydrogen (secondary N) is 1. The molecule has 20 heavy (non-hydrogen) atoms. The summed E-state index contributed by atoms with van der Waals surface area (Å²) in [5.74, 6) is 0.615. The van der Waals surface area contributed by atoms with Crippen molar-refractivity contribution in [3.8, 4) is 0 Å². The average Bonchev–Trinajstić information content (AvgIpc) is 2.92. The van der Waals surface area contributed by atoms with E-state index in [4.69, 9.17) is 16.0 Å². The monoisotopic (exact) mass is 295 g/mol. The first-order valence-corrected chi connectivity index (χ1v) is 7.17. The van der Waals surface area contributed by atoms with Crippen LogP contribution in [0.25, 0.3) is 0 Å². The summed E-state index contributed by atoms with van der Waals surface area (Å²) in [4.78, 5) is 0. The Bertz CT molecular complexity index is 541. The van der Waals surface area contributed by atoms with Crippen molar-refractivity contribution in [3.05, 3.63) is 58.8 Å². The van der Waals surface area contributed by atoms with Crippen molar-refractivity contribution in [2.75, 3.05) is 0 Å². The molecule has 0 amide bonds. The first kappa shape index (κ1) is 15.1. The number of hydrogen-bond acceptors (Lipinski definition) is 2. The molecule has 2 nitrogen and oxygen atoms in total. The Morgan fingerprint density at radius 3 is 2.75 bits per heavy atom. The Labute approximate surface area is 123 Å². The average molecular weight is 296 g/mol. The second-order valence-electron chi connectivity index (χ2n) is 5.08. The zero-order valence-electron chi connectivity index (χ0n) is 11.7. The highest BCUT2D eigenvalue weighted by atomic mass is 35.5. The van der Waals surface area contributed by atoms with Crippen molar-refractivity contribution in [3.63, 3.8) is 0 Å². The standard InChI is InChI=1S/C16H19ClFNO/c1-11(5-7-14-4-3-9-20-14)19-12(2)13-6-8-16(18)15(17)10-13/h3-4,6,8-12,19H,5,7H2,1-2H3. The van der Waals surface area contributed by atoms with Gasteiger partial charge in [-0.1, -0.05) is 17.7 Å². The van der Waals surface area contributed by atoms with Gasteiger partial charge in [0.1, 0.15) is 11.6 Å². The number of rotatable bonds is 6. The lowest BCUT2D eigenvalue weighted by Gasteiger charge is -2.20. The van der Waals surface area contributed by atoms with E-state index in [2.05, 4.69) is 12.2 Å². The fraction of sp³-hybridized carbons (Fsp3) is 0.375. The molecule has 0 saturated heterocycles. The lowest BCUT2D eigenvalue weighted by Crippen LogP contribution is -2.29. The number of aryl methyl sites for hydroxylation is 1. The molecule has 0 spiro atoms. The molecule has 0 aliphatic carbocycles. The van der Waals surface area contributed by atoms with E-state index in [1.807, 2.05) is 19.1 Å². The van der Waals surface area contributed by atoms with Gasteiger partial charge in [-0.15, -0.1) is 0 Å². The van der Waals surface area contributed by atoms with Gasteiger partial charge in [0.25, 0.3) is 0 Å². The predicted molar refractivity (Wildman–Crippen MR) is 79.5 cm³/mol. The van der Waals surface area contributed by atoms with E-state index in [1.165, 1.54) is 6.07 Å². The Morgan fingerprint density at radius 1 is 1.30 bits per heavy atom. The van der Waals surface area contributed by atoms with Crippen LogP contribution in [0.5, 0.6) is 0 Å². The van der Waals surface area contributed by atoms with Gasteiger partial charge >= 0.3 is 0 Å². The maximum Gasteiger partial charge on any atom is 0.141 e. The normalized spacial score (nSPS) is 14.2. The molecule has 0 aliphatic heterocycles. The van der Waals surface area contributed by atoms with E-state index in [1.54, 1.807) is 18.4 Å². The smallest absolute Gasteiger partial charge is 0.141 e. The Morgan fingerprint density at radius 2 is 2.10 bits per heavy atom. The molecule has 1 N–H and O–H groups in total. The minimum Gasteiger partial charge on any atom is -0.469 e. The summed E-state index contributed by atoms with van der Waals surface area (Å²) in [6.45, 7) is 4.18. The van der Waals surface area contributed by atoms with Crippen LogP contribution in [0.3, 0.4) is 0 Å². The number of benzene rings is 1. The van der Waals surface area contributed by atoms with Gasteiger partial charge in [-0.25, -0.2) is 4.39 Å². The van der Waals surface area contributed by atoms with Gasteiger partial charge in [0.15, 0.2) is 0 Å². The molecule has 4 heteroatoms. The molecule has 108 valence electrons. The van der Waals surface area contributed by atoms with Crippen LogP contribution in [0, 0.1) is 5.82 Å². The maximum absolute atomic E-state index is 13.1. The van der Waals surface area contributed by atoms with Crippen molar-refractivity contribution < 1.29 is 8.81 Å².